The third kappa shape index (κ3) is 4.31. The van der Waals surface area contributed by atoms with E-state index >= 15 is 0 Å². The van der Waals surface area contributed by atoms with Gasteiger partial charge in [-0.3, -0.25) is 9.78 Å². The number of hydrogen-bond donors (Lipinski definition) is 0. The Morgan fingerprint density at radius 1 is 1.11 bits per heavy atom. The number of nitrogens with zero attached hydrogens (tertiary/aromatic N) is 4. The number of rotatable bonds is 7. The van der Waals surface area contributed by atoms with Gasteiger partial charge in [-0.2, -0.15) is 0 Å². The molecule has 0 radical (unpaired) electrons. The lowest BCUT2D eigenvalue weighted by Gasteiger charge is -2.31. The lowest BCUT2D eigenvalue weighted by atomic mass is 10.2. The predicted octanol–water partition coefficient (Wildman–Crippen LogP) is 2.54. The molecule has 0 saturated heterocycles. The third-order valence-corrected chi connectivity index (χ3v) is 4.62. The van der Waals surface area contributed by atoms with E-state index in [-0.39, 0.29) is 12.5 Å². The Morgan fingerprint density at radius 2 is 1.93 bits per heavy atom. The van der Waals surface area contributed by atoms with Gasteiger partial charge in [-0.25, -0.2) is 4.98 Å². The molecule has 0 bridgehead atoms. The summed E-state index contributed by atoms with van der Waals surface area (Å²) in [7, 11) is 0. The van der Waals surface area contributed by atoms with Crippen molar-refractivity contribution in [3.63, 3.8) is 0 Å². The van der Waals surface area contributed by atoms with Gasteiger partial charge in [0, 0.05) is 44.4 Å². The largest absolute Gasteiger partial charge is 0.485 e. The van der Waals surface area contributed by atoms with Gasteiger partial charge in [-0.05, 0) is 36.2 Å². The van der Waals surface area contributed by atoms with Gasteiger partial charge in [-0.1, -0.05) is 12.1 Å². The lowest BCUT2D eigenvalue weighted by Crippen LogP contribution is -2.46. The van der Waals surface area contributed by atoms with E-state index in [1.165, 1.54) is 0 Å². The zero-order chi connectivity index (χ0) is 19.2. The van der Waals surface area contributed by atoms with Crippen molar-refractivity contribution in [3.8, 4) is 11.5 Å². The van der Waals surface area contributed by atoms with Crippen LogP contribution >= 0.6 is 0 Å². The first-order valence-corrected chi connectivity index (χ1v) is 9.31. The summed E-state index contributed by atoms with van der Waals surface area (Å²) < 4.78 is 13.7. The Morgan fingerprint density at radius 3 is 2.71 bits per heavy atom. The highest BCUT2D eigenvalue weighted by atomic mass is 16.6. The number of pyridine rings is 1. The fourth-order valence-corrected chi connectivity index (χ4v) is 3.18. The maximum absolute atomic E-state index is 13.2. The summed E-state index contributed by atoms with van der Waals surface area (Å²) >= 11 is 0. The highest BCUT2D eigenvalue weighted by molar-refractivity contribution is 5.82. The number of carbonyl (C=O) groups is 1. The van der Waals surface area contributed by atoms with Crippen molar-refractivity contribution < 1.29 is 14.3 Å². The Hall–Kier alpha value is -3.35. The van der Waals surface area contributed by atoms with Crippen LogP contribution in [-0.2, 0) is 17.9 Å². The molecule has 0 unspecified atom stereocenters. The molecule has 7 nitrogen and oxygen atoms in total. The molecular weight excluding hydrogens is 356 g/mol. The molecule has 0 fully saturated rings. The Balaban J connectivity index is 1.44. The standard InChI is InChI=1S/C21H22N4O3/c26-21(20-15-27-18-4-1-2-5-19(18)28-20)25(14-17-6-8-22-9-7-17)12-3-11-24-13-10-23-16-24/h1-2,4-10,13,16,20H,3,11-12,14-15H2/t20-/m1/s1. The third-order valence-electron chi connectivity index (χ3n) is 4.62. The molecule has 0 saturated carbocycles. The molecule has 0 aliphatic carbocycles. The maximum Gasteiger partial charge on any atom is 0.267 e. The zero-order valence-corrected chi connectivity index (χ0v) is 15.5. The Bertz CT molecular complexity index is 899. The molecule has 2 aromatic heterocycles. The zero-order valence-electron chi connectivity index (χ0n) is 15.5. The van der Waals surface area contributed by atoms with E-state index in [9.17, 15) is 4.79 Å². The van der Waals surface area contributed by atoms with Gasteiger partial charge in [0.15, 0.2) is 11.5 Å². The first kappa shape index (κ1) is 18.0. The summed E-state index contributed by atoms with van der Waals surface area (Å²) in [5.41, 5.74) is 1.03. The van der Waals surface area contributed by atoms with Crippen molar-refractivity contribution in [2.45, 2.75) is 25.6 Å². The fraction of sp³-hybridized carbons (Fsp3) is 0.286. The maximum atomic E-state index is 13.2. The average molecular weight is 378 g/mol. The van der Waals surface area contributed by atoms with Crippen LogP contribution in [0.15, 0.2) is 67.5 Å². The van der Waals surface area contributed by atoms with Crippen molar-refractivity contribution in [3.05, 3.63) is 73.1 Å². The van der Waals surface area contributed by atoms with Crippen LogP contribution in [-0.4, -0.2) is 44.6 Å². The number of para-hydroxylation sites is 2. The summed E-state index contributed by atoms with van der Waals surface area (Å²) in [5.74, 6) is 1.21. The molecule has 0 spiro atoms. The molecule has 1 aliphatic rings. The number of hydrogen-bond acceptors (Lipinski definition) is 5. The fourth-order valence-electron chi connectivity index (χ4n) is 3.18. The first-order chi connectivity index (χ1) is 13.8. The summed E-state index contributed by atoms with van der Waals surface area (Å²) in [6, 6.07) is 11.3. The lowest BCUT2D eigenvalue weighted by molar-refractivity contribution is -0.142. The van der Waals surface area contributed by atoms with Gasteiger partial charge in [-0.15, -0.1) is 0 Å². The quantitative estimate of drug-likeness (QED) is 0.632. The van der Waals surface area contributed by atoms with Crippen LogP contribution in [0.25, 0.3) is 0 Å². The van der Waals surface area contributed by atoms with E-state index in [0.29, 0.717) is 24.6 Å². The number of fused-ring (bicyclic) bond motifs is 1. The summed E-state index contributed by atoms with van der Waals surface area (Å²) in [6.07, 6.45) is 9.10. The normalized spacial score (nSPS) is 15.2. The average Bonchev–Trinajstić information content (AvgIpc) is 3.26. The molecular formula is C21H22N4O3. The number of benzene rings is 1. The van der Waals surface area contributed by atoms with Crippen LogP contribution in [0.2, 0.25) is 0 Å². The van der Waals surface area contributed by atoms with E-state index in [4.69, 9.17) is 9.47 Å². The smallest absolute Gasteiger partial charge is 0.267 e. The van der Waals surface area contributed by atoms with Gasteiger partial charge in [0.2, 0.25) is 6.10 Å². The van der Waals surface area contributed by atoms with Crippen LogP contribution in [0.4, 0.5) is 0 Å². The second kappa shape index (κ2) is 8.56. The van der Waals surface area contributed by atoms with Crippen molar-refractivity contribution in [1.82, 2.24) is 19.4 Å². The number of carbonyl (C=O) groups excluding carboxylic acids is 1. The van der Waals surface area contributed by atoms with E-state index in [1.54, 1.807) is 24.9 Å². The van der Waals surface area contributed by atoms with Crippen LogP contribution in [0.5, 0.6) is 11.5 Å². The molecule has 144 valence electrons. The van der Waals surface area contributed by atoms with Crippen LogP contribution < -0.4 is 9.47 Å². The van der Waals surface area contributed by atoms with Crippen LogP contribution in [0.1, 0.15) is 12.0 Å². The molecule has 1 amide bonds. The molecule has 1 atom stereocenters. The number of amides is 1. The first-order valence-electron chi connectivity index (χ1n) is 9.31. The minimum atomic E-state index is -0.648. The molecule has 1 aliphatic heterocycles. The SMILES string of the molecule is O=C([C@H]1COc2ccccc2O1)N(CCCn1ccnc1)Cc1ccncc1. The highest BCUT2D eigenvalue weighted by Gasteiger charge is 2.31. The second-order valence-corrected chi connectivity index (χ2v) is 6.63. The van der Waals surface area contributed by atoms with E-state index in [0.717, 1.165) is 18.5 Å². The monoisotopic (exact) mass is 378 g/mol. The minimum absolute atomic E-state index is 0.0723. The molecule has 4 rings (SSSR count). The Labute approximate surface area is 163 Å². The molecule has 7 heteroatoms. The summed E-state index contributed by atoms with van der Waals surface area (Å²) in [4.78, 5) is 23.1. The van der Waals surface area contributed by atoms with Gasteiger partial charge >= 0.3 is 0 Å². The van der Waals surface area contributed by atoms with E-state index in [1.807, 2.05) is 52.1 Å². The number of imidazole rings is 1. The van der Waals surface area contributed by atoms with Crippen LogP contribution in [0, 0.1) is 0 Å². The van der Waals surface area contributed by atoms with Gasteiger partial charge in [0.25, 0.3) is 5.91 Å². The van der Waals surface area contributed by atoms with Crippen molar-refractivity contribution >= 4 is 5.91 Å². The van der Waals surface area contributed by atoms with E-state index < -0.39 is 6.10 Å². The van der Waals surface area contributed by atoms with Crippen molar-refractivity contribution in [2.75, 3.05) is 13.2 Å². The van der Waals surface area contributed by atoms with E-state index in [2.05, 4.69) is 9.97 Å². The second-order valence-electron chi connectivity index (χ2n) is 6.63. The van der Waals surface area contributed by atoms with Crippen molar-refractivity contribution in [2.24, 2.45) is 0 Å². The number of aromatic nitrogens is 3. The Kier molecular flexibility index (Phi) is 5.51. The molecule has 3 aromatic rings. The summed E-state index contributed by atoms with van der Waals surface area (Å²) in [6.45, 7) is 2.13. The summed E-state index contributed by atoms with van der Waals surface area (Å²) in [5, 5.41) is 0. The molecule has 3 heterocycles. The highest BCUT2D eigenvalue weighted by Crippen LogP contribution is 2.31. The molecule has 1 aromatic carbocycles. The van der Waals surface area contributed by atoms with Gasteiger partial charge < -0.3 is 18.9 Å². The minimum Gasteiger partial charge on any atom is -0.485 e. The van der Waals surface area contributed by atoms with Crippen LogP contribution in [0.3, 0.4) is 0 Å². The van der Waals surface area contributed by atoms with Crippen molar-refractivity contribution in [1.29, 1.82) is 0 Å². The number of ether oxygens (including phenoxy) is 2. The van der Waals surface area contributed by atoms with Gasteiger partial charge in [0.1, 0.15) is 6.61 Å². The number of aryl methyl sites for hydroxylation is 1. The van der Waals surface area contributed by atoms with Gasteiger partial charge in [0.05, 0.1) is 6.33 Å². The molecule has 0 N–H and O–H groups in total. The predicted molar refractivity (Wildman–Crippen MR) is 103 cm³/mol. The molecule has 28 heavy (non-hydrogen) atoms. The topological polar surface area (TPSA) is 69.5 Å².